The molecule has 0 saturated carbocycles. The Morgan fingerprint density at radius 3 is 2.35 bits per heavy atom. The zero-order valence-electron chi connectivity index (χ0n) is 28.7. The van der Waals surface area contributed by atoms with Crippen LogP contribution in [0.25, 0.3) is 11.3 Å². The molecule has 15 heteroatoms. The number of alkyl halides is 3. The third-order valence-electron chi connectivity index (χ3n) is 7.20. The molecule has 1 amide bonds. The predicted octanol–water partition coefficient (Wildman–Crippen LogP) is 8.04. The van der Waals surface area contributed by atoms with Gasteiger partial charge in [0, 0.05) is 18.2 Å². The Balaban J connectivity index is 1.50. The maximum Gasteiger partial charge on any atom is 0.573 e. The molecule has 0 radical (unpaired) electrons. The fourth-order valence-electron chi connectivity index (χ4n) is 4.60. The highest BCUT2D eigenvalue weighted by atomic mass is 32.2. The molecule has 0 bridgehead atoms. The van der Waals surface area contributed by atoms with Gasteiger partial charge in [0.2, 0.25) is 0 Å². The van der Waals surface area contributed by atoms with Crippen LogP contribution in [0.2, 0.25) is 0 Å². The van der Waals surface area contributed by atoms with E-state index in [0.717, 1.165) is 28.9 Å². The number of ether oxygens (including phenoxy) is 2. The third-order valence-corrected chi connectivity index (χ3v) is 7.89. The Bertz CT molecular complexity index is 1960. The molecule has 0 unspecified atom stereocenters. The summed E-state index contributed by atoms with van der Waals surface area (Å²) in [4.78, 5) is 29.7. The minimum atomic E-state index is -4.86. The standard InChI is InChI=1S/C36H36F3N7O4S/c1-21(2)28-16-7-23(5)17-30(28)42-35(51-20-49-34(48)22(3)4)44-41-19-24-8-10-25(11-9-24)31-29(18-40)32(46(6)45-31)43-33(47)26-12-14-27(15-13-26)50-36(37,38)39/h7-17,19,21-22H,20H2,1-6H3,(H,42,44)(H,43,47)/b41-19+. The molecule has 4 rings (SSSR count). The number of aromatic nitrogens is 2. The van der Waals surface area contributed by atoms with Gasteiger partial charge in [-0.25, -0.2) is 4.99 Å². The summed E-state index contributed by atoms with van der Waals surface area (Å²) in [7, 11) is 1.55. The van der Waals surface area contributed by atoms with Gasteiger partial charge in [-0.1, -0.05) is 64.1 Å². The molecule has 0 aliphatic rings. The second-order valence-corrected chi connectivity index (χ2v) is 12.8. The number of amides is 1. The largest absolute Gasteiger partial charge is 0.573 e. The molecule has 0 aliphatic carbocycles. The van der Waals surface area contributed by atoms with Crippen molar-refractivity contribution in [1.82, 2.24) is 15.2 Å². The number of anilines is 1. The maximum atomic E-state index is 12.9. The lowest BCUT2D eigenvalue weighted by molar-refractivity contribution is -0.274. The molecule has 3 aromatic carbocycles. The second kappa shape index (κ2) is 16.9. The first-order chi connectivity index (χ1) is 24.1. The minimum Gasteiger partial charge on any atom is -0.454 e. The van der Waals surface area contributed by atoms with Crippen molar-refractivity contribution in [2.24, 2.45) is 23.1 Å². The lowest BCUT2D eigenvalue weighted by Gasteiger charge is -2.12. The van der Waals surface area contributed by atoms with Crippen molar-refractivity contribution in [3.8, 4) is 23.1 Å². The van der Waals surface area contributed by atoms with Gasteiger partial charge in [0.05, 0.1) is 17.8 Å². The van der Waals surface area contributed by atoms with Crippen molar-refractivity contribution >= 4 is 46.5 Å². The number of esters is 1. The monoisotopic (exact) mass is 719 g/mol. The quantitative estimate of drug-likeness (QED) is 0.0522. The predicted molar refractivity (Wildman–Crippen MR) is 191 cm³/mol. The molecule has 266 valence electrons. The van der Waals surface area contributed by atoms with Gasteiger partial charge in [-0.15, -0.1) is 13.2 Å². The average molecular weight is 720 g/mol. The van der Waals surface area contributed by atoms with Gasteiger partial charge in [-0.3, -0.25) is 19.7 Å². The number of amidine groups is 1. The fourth-order valence-corrected chi connectivity index (χ4v) is 5.17. The normalized spacial score (nSPS) is 11.9. The number of carbonyl (C=O) groups excluding carboxylic acids is 2. The van der Waals surface area contributed by atoms with E-state index in [1.165, 1.54) is 28.6 Å². The number of nitrogens with zero attached hydrogens (tertiary/aromatic N) is 5. The molecule has 0 spiro atoms. The zero-order valence-corrected chi connectivity index (χ0v) is 29.5. The number of hydrogen-bond donors (Lipinski definition) is 2. The van der Waals surface area contributed by atoms with E-state index in [-0.39, 0.29) is 40.7 Å². The van der Waals surface area contributed by atoms with Crippen LogP contribution in [-0.4, -0.2) is 45.3 Å². The molecule has 11 nitrogen and oxygen atoms in total. The number of rotatable bonds is 11. The van der Waals surface area contributed by atoms with Gasteiger partial charge in [0.15, 0.2) is 5.17 Å². The molecule has 0 fully saturated rings. The van der Waals surface area contributed by atoms with E-state index in [2.05, 4.69) is 45.6 Å². The van der Waals surface area contributed by atoms with Crippen LogP contribution >= 0.6 is 11.8 Å². The topological polar surface area (TPSA) is 143 Å². The number of aliphatic imine (C=N–C) groups is 1. The number of hydrazone groups is 1. The summed E-state index contributed by atoms with van der Waals surface area (Å²) in [5.41, 5.74) is 7.61. The van der Waals surface area contributed by atoms with E-state index in [4.69, 9.17) is 9.73 Å². The van der Waals surface area contributed by atoms with Crippen LogP contribution in [0.3, 0.4) is 0 Å². The highest BCUT2D eigenvalue weighted by Crippen LogP contribution is 2.30. The van der Waals surface area contributed by atoms with E-state index in [0.29, 0.717) is 22.0 Å². The van der Waals surface area contributed by atoms with E-state index in [9.17, 15) is 28.0 Å². The van der Waals surface area contributed by atoms with Crippen molar-refractivity contribution in [3.63, 3.8) is 0 Å². The van der Waals surface area contributed by atoms with Crippen LogP contribution in [-0.2, 0) is 16.6 Å². The Morgan fingerprint density at radius 2 is 1.75 bits per heavy atom. The van der Waals surface area contributed by atoms with Crippen molar-refractivity contribution < 1.29 is 32.2 Å². The minimum absolute atomic E-state index is 0.0484. The molecule has 0 saturated heterocycles. The first kappa shape index (κ1) is 38.2. The van der Waals surface area contributed by atoms with Gasteiger partial charge >= 0.3 is 12.3 Å². The molecule has 1 heterocycles. The maximum absolute atomic E-state index is 12.9. The van der Waals surface area contributed by atoms with Gasteiger partial charge in [-0.05, 0) is 71.6 Å². The summed E-state index contributed by atoms with van der Waals surface area (Å²) < 4.78 is 48.0. The number of nitrogens with one attached hydrogen (secondary N) is 2. The van der Waals surface area contributed by atoms with Gasteiger partial charge < -0.3 is 14.8 Å². The van der Waals surface area contributed by atoms with Crippen molar-refractivity contribution in [2.45, 2.75) is 46.9 Å². The molecule has 0 atom stereocenters. The van der Waals surface area contributed by atoms with Crippen LogP contribution in [0.4, 0.5) is 24.7 Å². The average Bonchev–Trinajstić information content (AvgIpc) is 3.38. The Kier molecular flexibility index (Phi) is 12.6. The molecular weight excluding hydrogens is 684 g/mol. The van der Waals surface area contributed by atoms with Gasteiger partial charge in [-0.2, -0.15) is 15.5 Å². The molecule has 4 aromatic rings. The lowest BCUT2D eigenvalue weighted by atomic mass is 10.00. The second-order valence-electron chi connectivity index (χ2n) is 11.8. The van der Waals surface area contributed by atoms with E-state index in [1.807, 2.05) is 25.1 Å². The van der Waals surface area contributed by atoms with Crippen molar-refractivity contribution in [1.29, 1.82) is 5.26 Å². The third kappa shape index (κ3) is 10.7. The Morgan fingerprint density at radius 1 is 1.06 bits per heavy atom. The molecule has 0 aliphatic heterocycles. The summed E-state index contributed by atoms with van der Waals surface area (Å²) in [5, 5.41) is 21.8. The first-order valence-electron chi connectivity index (χ1n) is 15.7. The number of carbonyl (C=O) groups is 2. The first-order valence-corrected chi connectivity index (χ1v) is 16.7. The van der Waals surface area contributed by atoms with Gasteiger partial charge in [0.1, 0.15) is 34.8 Å². The van der Waals surface area contributed by atoms with Crippen molar-refractivity contribution in [2.75, 3.05) is 11.3 Å². The smallest absolute Gasteiger partial charge is 0.454 e. The Hall–Kier alpha value is -5.62. The van der Waals surface area contributed by atoms with E-state index >= 15 is 0 Å². The summed E-state index contributed by atoms with van der Waals surface area (Å²) >= 11 is 1.20. The molecular formula is C36H36F3N7O4S. The highest BCUT2D eigenvalue weighted by Gasteiger charge is 2.31. The number of nitriles is 1. The lowest BCUT2D eigenvalue weighted by Crippen LogP contribution is -2.18. The van der Waals surface area contributed by atoms with E-state index in [1.54, 1.807) is 51.4 Å². The zero-order chi connectivity index (χ0) is 37.3. The summed E-state index contributed by atoms with van der Waals surface area (Å²) in [6.07, 6.45) is -3.28. The van der Waals surface area contributed by atoms with Crippen LogP contribution in [0.5, 0.6) is 5.75 Å². The number of hydrogen-bond acceptors (Lipinski definition) is 9. The number of aryl methyl sites for hydroxylation is 2. The SMILES string of the molecule is Cc1ccc(C(C)C)c(N=C(N/N=C/c2ccc(-c3nn(C)c(NC(=O)c4ccc(OC(F)(F)F)cc4)c3C#N)cc2)SCOC(=O)C(C)C)c1. The van der Waals surface area contributed by atoms with Gasteiger partial charge in [0.25, 0.3) is 5.91 Å². The summed E-state index contributed by atoms with van der Waals surface area (Å²) in [6, 6.07) is 19.5. The van der Waals surface area contributed by atoms with Crippen LogP contribution in [0, 0.1) is 24.2 Å². The molecule has 51 heavy (non-hydrogen) atoms. The van der Waals surface area contributed by atoms with Crippen LogP contribution in [0.15, 0.2) is 76.8 Å². The fraction of sp³-hybridized carbons (Fsp3) is 0.278. The highest BCUT2D eigenvalue weighted by molar-refractivity contribution is 8.13. The number of benzene rings is 3. The number of halogens is 3. The van der Waals surface area contributed by atoms with Crippen LogP contribution in [0.1, 0.15) is 66.2 Å². The van der Waals surface area contributed by atoms with Crippen LogP contribution < -0.4 is 15.5 Å². The summed E-state index contributed by atoms with van der Waals surface area (Å²) in [6.45, 7) is 9.67. The molecule has 1 aromatic heterocycles. The van der Waals surface area contributed by atoms with E-state index < -0.39 is 18.0 Å². The summed E-state index contributed by atoms with van der Waals surface area (Å²) in [5.74, 6) is -1.32. The van der Waals surface area contributed by atoms with Crippen molar-refractivity contribution in [3.05, 3.63) is 94.5 Å². The molecule has 2 N–H and O–H groups in total. The Labute approximate surface area is 297 Å². The number of thioether (sulfide) groups is 1.